The molecule has 0 spiro atoms. The molecule has 3 nitrogen and oxygen atoms in total. The van der Waals surface area contributed by atoms with Crippen molar-refractivity contribution in [2.24, 2.45) is 0 Å². The average Bonchev–Trinajstić information content (AvgIpc) is 2.47. The van der Waals surface area contributed by atoms with Crippen molar-refractivity contribution < 1.29 is 14.3 Å². The summed E-state index contributed by atoms with van der Waals surface area (Å²) in [5, 5.41) is 0.613. The highest BCUT2D eigenvalue weighted by atomic mass is 35.5. The van der Waals surface area contributed by atoms with Gasteiger partial charge in [0.1, 0.15) is 6.29 Å². The monoisotopic (exact) mass is 240 g/mol. The van der Waals surface area contributed by atoms with Gasteiger partial charge >= 0.3 is 0 Å². The Morgan fingerprint density at radius 1 is 1.31 bits per heavy atom. The molecule has 0 atom stereocenters. The second kappa shape index (κ2) is 3.98. The van der Waals surface area contributed by atoms with Crippen LogP contribution in [-0.4, -0.2) is 12.1 Å². The summed E-state index contributed by atoms with van der Waals surface area (Å²) in [5.74, 6) is 0.703. The van der Waals surface area contributed by atoms with E-state index in [2.05, 4.69) is 0 Å². The van der Waals surface area contributed by atoms with Crippen LogP contribution in [0, 0.1) is 0 Å². The lowest BCUT2D eigenvalue weighted by atomic mass is 10.1. The molecule has 1 aromatic rings. The fourth-order valence-electron chi connectivity index (χ4n) is 1.69. The molecular weight excluding hydrogens is 228 g/mol. The molecule has 0 unspecified atom stereocenters. The minimum atomic E-state index is -0.644. The first kappa shape index (κ1) is 11.3. The zero-order valence-corrected chi connectivity index (χ0v) is 10.0. The molecule has 1 aliphatic rings. The Hall–Kier alpha value is -1.22. The Kier molecular flexibility index (Phi) is 2.80. The van der Waals surface area contributed by atoms with Gasteiger partial charge in [-0.25, -0.2) is 0 Å². The molecular formula is C12H13ClO3. The van der Waals surface area contributed by atoms with E-state index in [4.69, 9.17) is 21.1 Å². The maximum absolute atomic E-state index is 10.3. The van der Waals surface area contributed by atoms with Crippen LogP contribution < -0.4 is 9.47 Å². The summed E-state index contributed by atoms with van der Waals surface area (Å²) < 4.78 is 11.2. The van der Waals surface area contributed by atoms with Gasteiger partial charge in [-0.15, -0.1) is 0 Å². The van der Waals surface area contributed by atoms with E-state index >= 15 is 0 Å². The Labute approximate surface area is 99.3 Å². The fourth-order valence-corrected chi connectivity index (χ4v) is 1.94. The smallest absolute Gasteiger partial charge is 0.246 e. The SMILES string of the molecule is CC1(C)Oc2cc(Cl)c(CCC=O)cc2O1. The zero-order chi connectivity index (χ0) is 11.8. The molecule has 86 valence electrons. The van der Waals surface area contributed by atoms with Gasteiger partial charge < -0.3 is 14.3 Å². The van der Waals surface area contributed by atoms with Crippen LogP contribution in [0.1, 0.15) is 25.8 Å². The largest absolute Gasteiger partial charge is 0.449 e. The van der Waals surface area contributed by atoms with E-state index in [1.54, 1.807) is 6.07 Å². The van der Waals surface area contributed by atoms with Crippen LogP contribution in [-0.2, 0) is 11.2 Å². The number of aldehydes is 1. The maximum atomic E-state index is 10.3. The second-order valence-electron chi connectivity index (χ2n) is 4.20. The number of hydrogen-bond acceptors (Lipinski definition) is 3. The topological polar surface area (TPSA) is 35.5 Å². The molecule has 0 amide bonds. The molecule has 0 bridgehead atoms. The second-order valence-corrected chi connectivity index (χ2v) is 4.61. The molecule has 0 fully saturated rings. The first-order valence-corrected chi connectivity index (χ1v) is 5.54. The van der Waals surface area contributed by atoms with Crippen LogP contribution in [0.5, 0.6) is 11.5 Å². The summed E-state index contributed by atoms with van der Waals surface area (Å²) >= 11 is 6.09. The first-order valence-electron chi connectivity index (χ1n) is 5.16. The standard InChI is InChI=1S/C12H13ClO3/c1-12(2)15-10-6-8(4-3-5-14)9(13)7-11(10)16-12/h5-7H,3-4H2,1-2H3. The number of ether oxygens (including phenoxy) is 2. The van der Waals surface area contributed by atoms with Crippen molar-refractivity contribution in [1.82, 2.24) is 0 Å². The van der Waals surface area contributed by atoms with E-state index < -0.39 is 5.79 Å². The van der Waals surface area contributed by atoms with Gasteiger partial charge in [0.15, 0.2) is 11.5 Å². The van der Waals surface area contributed by atoms with E-state index in [1.807, 2.05) is 19.9 Å². The number of halogens is 1. The number of hydrogen-bond donors (Lipinski definition) is 0. The highest BCUT2D eigenvalue weighted by molar-refractivity contribution is 6.31. The van der Waals surface area contributed by atoms with Gasteiger partial charge in [0.25, 0.3) is 0 Å². The van der Waals surface area contributed by atoms with Gasteiger partial charge in [0.05, 0.1) is 0 Å². The maximum Gasteiger partial charge on any atom is 0.246 e. The zero-order valence-electron chi connectivity index (χ0n) is 9.25. The van der Waals surface area contributed by atoms with Gasteiger partial charge in [-0.3, -0.25) is 0 Å². The molecule has 0 saturated heterocycles. The summed E-state index contributed by atoms with van der Waals surface area (Å²) in [7, 11) is 0. The molecule has 1 aliphatic heterocycles. The van der Waals surface area contributed by atoms with Crippen molar-refractivity contribution in [2.45, 2.75) is 32.5 Å². The van der Waals surface area contributed by atoms with Crippen LogP contribution in [0.4, 0.5) is 0 Å². The molecule has 16 heavy (non-hydrogen) atoms. The van der Waals surface area contributed by atoms with Crippen LogP contribution >= 0.6 is 11.6 Å². The number of fused-ring (bicyclic) bond motifs is 1. The molecule has 2 rings (SSSR count). The molecule has 0 saturated carbocycles. The average molecular weight is 241 g/mol. The molecule has 1 aromatic carbocycles. The lowest BCUT2D eigenvalue weighted by Gasteiger charge is -2.16. The van der Waals surface area contributed by atoms with Crippen LogP contribution in [0.2, 0.25) is 5.02 Å². The molecule has 0 aliphatic carbocycles. The number of carbonyl (C=O) groups is 1. The van der Waals surface area contributed by atoms with Crippen molar-refractivity contribution in [3.8, 4) is 11.5 Å². The third-order valence-corrected chi connectivity index (χ3v) is 2.71. The van der Waals surface area contributed by atoms with E-state index in [-0.39, 0.29) is 0 Å². The van der Waals surface area contributed by atoms with Crippen molar-refractivity contribution in [1.29, 1.82) is 0 Å². The minimum Gasteiger partial charge on any atom is -0.449 e. The van der Waals surface area contributed by atoms with E-state index in [1.165, 1.54) is 0 Å². The summed E-state index contributed by atoms with van der Waals surface area (Å²) in [4.78, 5) is 10.3. The van der Waals surface area contributed by atoms with Crippen molar-refractivity contribution >= 4 is 17.9 Å². The third kappa shape index (κ3) is 2.14. The minimum absolute atomic E-state index is 0.461. The molecule has 0 aromatic heterocycles. The summed E-state index contributed by atoms with van der Waals surface area (Å²) in [5.41, 5.74) is 0.911. The first-order chi connectivity index (χ1) is 7.52. The summed E-state index contributed by atoms with van der Waals surface area (Å²) in [6.45, 7) is 3.68. The third-order valence-electron chi connectivity index (χ3n) is 2.36. The summed E-state index contributed by atoms with van der Waals surface area (Å²) in [6, 6.07) is 3.59. The Morgan fingerprint density at radius 3 is 2.56 bits per heavy atom. The van der Waals surface area contributed by atoms with Crippen molar-refractivity contribution in [2.75, 3.05) is 0 Å². The summed E-state index contributed by atoms with van der Waals surface area (Å²) in [6.07, 6.45) is 1.97. The number of aryl methyl sites for hydroxylation is 1. The van der Waals surface area contributed by atoms with E-state index in [9.17, 15) is 4.79 Å². The van der Waals surface area contributed by atoms with Gasteiger partial charge in [-0.05, 0) is 18.1 Å². The highest BCUT2D eigenvalue weighted by Crippen LogP contribution is 2.42. The molecule has 0 N–H and O–H groups in total. The predicted octanol–water partition coefficient (Wildman–Crippen LogP) is 2.98. The quantitative estimate of drug-likeness (QED) is 0.762. The van der Waals surface area contributed by atoms with Gasteiger partial charge in [0.2, 0.25) is 5.79 Å². The fraction of sp³-hybridized carbons (Fsp3) is 0.417. The Bertz CT molecular complexity index is 427. The number of benzene rings is 1. The van der Waals surface area contributed by atoms with Gasteiger partial charge in [-0.1, -0.05) is 11.6 Å². The lowest BCUT2D eigenvalue weighted by molar-refractivity contribution is -0.107. The van der Waals surface area contributed by atoms with E-state index in [0.29, 0.717) is 29.4 Å². The van der Waals surface area contributed by atoms with Crippen LogP contribution in [0.25, 0.3) is 0 Å². The van der Waals surface area contributed by atoms with Crippen LogP contribution in [0.15, 0.2) is 12.1 Å². The van der Waals surface area contributed by atoms with Crippen molar-refractivity contribution in [3.05, 3.63) is 22.7 Å². The Morgan fingerprint density at radius 2 is 1.94 bits per heavy atom. The molecule has 0 radical (unpaired) electrons. The predicted molar refractivity (Wildman–Crippen MR) is 61.2 cm³/mol. The van der Waals surface area contributed by atoms with E-state index in [0.717, 1.165) is 11.8 Å². The highest BCUT2D eigenvalue weighted by Gasteiger charge is 2.32. The van der Waals surface area contributed by atoms with Gasteiger partial charge in [0, 0.05) is 31.4 Å². The number of carbonyl (C=O) groups excluding carboxylic acids is 1. The lowest BCUT2D eigenvalue weighted by Crippen LogP contribution is -2.29. The Balaban J connectivity index is 2.29. The normalized spacial score (nSPS) is 16.2. The number of rotatable bonds is 3. The van der Waals surface area contributed by atoms with Gasteiger partial charge in [-0.2, -0.15) is 0 Å². The van der Waals surface area contributed by atoms with Crippen molar-refractivity contribution in [3.63, 3.8) is 0 Å². The molecule has 1 heterocycles. The molecule has 4 heteroatoms. The van der Waals surface area contributed by atoms with Crippen LogP contribution in [0.3, 0.4) is 0 Å².